The van der Waals surface area contributed by atoms with E-state index in [1.807, 2.05) is 49.2 Å². The molecular weight excluding hydrogens is 222 g/mol. The van der Waals surface area contributed by atoms with E-state index in [0.717, 1.165) is 22.8 Å². The van der Waals surface area contributed by atoms with Crippen LogP contribution in [0.2, 0.25) is 5.02 Å². The molecule has 0 atom stereocenters. The number of hydrogen-bond acceptors (Lipinski definition) is 2. The van der Waals surface area contributed by atoms with Gasteiger partial charge in [-0.25, -0.2) is 0 Å². The first-order chi connectivity index (χ1) is 7.70. The van der Waals surface area contributed by atoms with Crippen molar-refractivity contribution in [2.24, 2.45) is 7.05 Å². The summed E-state index contributed by atoms with van der Waals surface area (Å²) >= 11 is 5.87. The molecule has 16 heavy (non-hydrogen) atoms. The zero-order valence-electron chi connectivity index (χ0n) is 9.37. The molecule has 0 amide bonds. The highest BCUT2D eigenvalue weighted by atomic mass is 35.5. The molecule has 1 heterocycles. The maximum Gasteiger partial charge on any atom is 0.0967 e. The molecule has 2 aromatic rings. The summed E-state index contributed by atoms with van der Waals surface area (Å²) in [6.45, 7) is 0.811. The maximum absolute atomic E-state index is 5.87. The molecule has 0 spiro atoms. The fourth-order valence-corrected chi connectivity index (χ4v) is 1.83. The van der Waals surface area contributed by atoms with Gasteiger partial charge in [0, 0.05) is 35.9 Å². The standard InChI is InChI=1S/C12H14ClN3/c1-14-7-10-8-16(2)15-12(10)9-3-5-11(13)6-4-9/h3-6,8,14H,7H2,1-2H3. The minimum Gasteiger partial charge on any atom is -0.316 e. The van der Waals surface area contributed by atoms with Gasteiger partial charge < -0.3 is 5.32 Å². The van der Waals surface area contributed by atoms with Gasteiger partial charge in [-0.05, 0) is 19.2 Å². The van der Waals surface area contributed by atoms with Crippen LogP contribution in [-0.2, 0) is 13.6 Å². The Labute approximate surface area is 100 Å². The second kappa shape index (κ2) is 4.68. The van der Waals surface area contributed by atoms with E-state index in [1.165, 1.54) is 5.56 Å². The van der Waals surface area contributed by atoms with Crippen molar-refractivity contribution in [3.63, 3.8) is 0 Å². The lowest BCUT2D eigenvalue weighted by molar-refractivity contribution is 0.765. The number of nitrogens with zero attached hydrogens (tertiary/aromatic N) is 2. The third-order valence-electron chi connectivity index (χ3n) is 2.39. The van der Waals surface area contributed by atoms with E-state index < -0.39 is 0 Å². The number of aromatic nitrogens is 2. The van der Waals surface area contributed by atoms with Crippen molar-refractivity contribution in [1.82, 2.24) is 15.1 Å². The maximum atomic E-state index is 5.87. The smallest absolute Gasteiger partial charge is 0.0967 e. The van der Waals surface area contributed by atoms with E-state index >= 15 is 0 Å². The molecule has 3 nitrogen and oxygen atoms in total. The Bertz CT molecular complexity index is 474. The van der Waals surface area contributed by atoms with Gasteiger partial charge in [-0.1, -0.05) is 23.7 Å². The van der Waals surface area contributed by atoms with Crippen LogP contribution in [-0.4, -0.2) is 16.8 Å². The van der Waals surface area contributed by atoms with Crippen molar-refractivity contribution < 1.29 is 0 Å². The van der Waals surface area contributed by atoms with Crippen LogP contribution in [0.1, 0.15) is 5.56 Å². The van der Waals surface area contributed by atoms with E-state index in [-0.39, 0.29) is 0 Å². The Balaban J connectivity index is 2.42. The Kier molecular flexibility index (Phi) is 3.27. The predicted octanol–water partition coefficient (Wildman–Crippen LogP) is 2.46. The number of aryl methyl sites for hydroxylation is 1. The second-order valence-corrected chi connectivity index (χ2v) is 4.15. The quantitative estimate of drug-likeness (QED) is 0.886. The van der Waals surface area contributed by atoms with Crippen molar-refractivity contribution in [2.75, 3.05) is 7.05 Å². The van der Waals surface area contributed by atoms with Crippen LogP contribution in [0.3, 0.4) is 0 Å². The van der Waals surface area contributed by atoms with Crippen LogP contribution in [0.4, 0.5) is 0 Å². The molecule has 0 saturated carbocycles. The Morgan fingerprint density at radius 2 is 2.00 bits per heavy atom. The summed E-state index contributed by atoms with van der Waals surface area (Å²) in [5, 5.41) is 8.35. The van der Waals surface area contributed by atoms with Crippen molar-refractivity contribution in [1.29, 1.82) is 0 Å². The SMILES string of the molecule is CNCc1cn(C)nc1-c1ccc(Cl)cc1. The monoisotopic (exact) mass is 235 g/mol. The average molecular weight is 236 g/mol. The van der Waals surface area contributed by atoms with Gasteiger partial charge in [-0.2, -0.15) is 5.10 Å². The lowest BCUT2D eigenvalue weighted by Crippen LogP contribution is -2.05. The van der Waals surface area contributed by atoms with E-state index in [4.69, 9.17) is 11.6 Å². The second-order valence-electron chi connectivity index (χ2n) is 3.71. The minimum atomic E-state index is 0.745. The van der Waals surface area contributed by atoms with E-state index in [0.29, 0.717) is 0 Å². The molecule has 0 radical (unpaired) electrons. The summed E-state index contributed by atoms with van der Waals surface area (Å²) in [4.78, 5) is 0. The molecule has 0 saturated heterocycles. The Morgan fingerprint density at radius 3 is 2.62 bits per heavy atom. The molecule has 0 aliphatic heterocycles. The fourth-order valence-electron chi connectivity index (χ4n) is 1.71. The molecule has 1 aromatic carbocycles. The number of halogens is 1. The van der Waals surface area contributed by atoms with Gasteiger partial charge in [0.05, 0.1) is 5.69 Å². The summed E-state index contributed by atoms with van der Waals surface area (Å²) in [6, 6.07) is 7.75. The van der Waals surface area contributed by atoms with Crippen molar-refractivity contribution >= 4 is 11.6 Å². The lowest BCUT2D eigenvalue weighted by Gasteiger charge is -2.01. The summed E-state index contributed by atoms with van der Waals surface area (Å²) in [7, 11) is 3.86. The highest BCUT2D eigenvalue weighted by molar-refractivity contribution is 6.30. The molecule has 1 aromatic heterocycles. The fraction of sp³-hybridized carbons (Fsp3) is 0.250. The number of benzene rings is 1. The Morgan fingerprint density at radius 1 is 1.31 bits per heavy atom. The number of hydrogen-bond donors (Lipinski definition) is 1. The Hall–Kier alpha value is -1.32. The molecule has 4 heteroatoms. The molecule has 84 valence electrons. The zero-order chi connectivity index (χ0) is 11.5. The van der Waals surface area contributed by atoms with Gasteiger partial charge in [-0.15, -0.1) is 0 Å². The normalized spacial score (nSPS) is 10.7. The molecule has 1 N–H and O–H groups in total. The lowest BCUT2D eigenvalue weighted by atomic mass is 10.1. The minimum absolute atomic E-state index is 0.745. The first kappa shape index (κ1) is 11.2. The molecule has 0 unspecified atom stereocenters. The van der Waals surface area contributed by atoms with Gasteiger partial charge in [0.1, 0.15) is 0 Å². The topological polar surface area (TPSA) is 29.9 Å². The highest BCUT2D eigenvalue weighted by Crippen LogP contribution is 2.23. The van der Waals surface area contributed by atoms with E-state index in [1.54, 1.807) is 0 Å². The van der Waals surface area contributed by atoms with Gasteiger partial charge in [-0.3, -0.25) is 4.68 Å². The first-order valence-corrected chi connectivity index (χ1v) is 5.51. The summed E-state index contributed by atoms with van der Waals surface area (Å²) < 4.78 is 1.83. The molecule has 0 fully saturated rings. The first-order valence-electron chi connectivity index (χ1n) is 5.14. The summed E-state index contributed by atoms with van der Waals surface area (Å²) in [5.41, 5.74) is 3.29. The van der Waals surface area contributed by atoms with Crippen molar-refractivity contribution in [2.45, 2.75) is 6.54 Å². The van der Waals surface area contributed by atoms with Crippen LogP contribution in [0.15, 0.2) is 30.5 Å². The highest BCUT2D eigenvalue weighted by Gasteiger charge is 2.08. The van der Waals surface area contributed by atoms with Gasteiger partial charge in [0.25, 0.3) is 0 Å². The van der Waals surface area contributed by atoms with E-state index in [2.05, 4.69) is 10.4 Å². The van der Waals surface area contributed by atoms with Crippen LogP contribution in [0.25, 0.3) is 11.3 Å². The zero-order valence-corrected chi connectivity index (χ0v) is 10.1. The molecule has 0 aliphatic rings. The van der Waals surface area contributed by atoms with Crippen LogP contribution >= 0.6 is 11.6 Å². The molecular formula is C12H14ClN3. The summed E-state index contributed by atoms with van der Waals surface area (Å²) in [5.74, 6) is 0. The van der Waals surface area contributed by atoms with Crippen LogP contribution in [0.5, 0.6) is 0 Å². The summed E-state index contributed by atoms with van der Waals surface area (Å²) in [6.07, 6.45) is 2.03. The van der Waals surface area contributed by atoms with Gasteiger partial charge in [0.15, 0.2) is 0 Å². The molecule has 2 rings (SSSR count). The third-order valence-corrected chi connectivity index (χ3v) is 2.64. The van der Waals surface area contributed by atoms with Crippen molar-refractivity contribution in [3.05, 3.63) is 41.0 Å². The average Bonchev–Trinajstić information content (AvgIpc) is 2.61. The largest absolute Gasteiger partial charge is 0.316 e. The number of rotatable bonds is 3. The van der Waals surface area contributed by atoms with Gasteiger partial charge in [0.2, 0.25) is 0 Å². The van der Waals surface area contributed by atoms with Crippen LogP contribution < -0.4 is 5.32 Å². The van der Waals surface area contributed by atoms with Crippen LogP contribution in [0, 0.1) is 0 Å². The predicted molar refractivity (Wildman–Crippen MR) is 66.4 cm³/mol. The molecule has 0 bridgehead atoms. The number of nitrogens with one attached hydrogen (secondary N) is 1. The third kappa shape index (κ3) is 2.26. The van der Waals surface area contributed by atoms with Gasteiger partial charge >= 0.3 is 0 Å². The molecule has 0 aliphatic carbocycles. The van der Waals surface area contributed by atoms with E-state index in [9.17, 15) is 0 Å². The van der Waals surface area contributed by atoms with Crippen molar-refractivity contribution in [3.8, 4) is 11.3 Å².